The number of furan rings is 1. The lowest BCUT2D eigenvalue weighted by atomic mass is 10.1. The Balaban J connectivity index is 1.70. The van der Waals surface area contributed by atoms with Crippen molar-refractivity contribution in [3.63, 3.8) is 0 Å². The Morgan fingerprint density at radius 3 is 2.76 bits per heavy atom. The van der Waals surface area contributed by atoms with E-state index < -0.39 is 6.04 Å². The fraction of sp³-hybridized carbons (Fsp3) is 0.312. The fourth-order valence-electron chi connectivity index (χ4n) is 2.50. The van der Waals surface area contributed by atoms with Crippen molar-refractivity contribution in [1.29, 1.82) is 0 Å². The maximum Gasteiger partial charge on any atom is 0.244 e. The molecule has 0 bridgehead atoms. The summed E-state index contributed by atoms with van der Waals surface area (Å²) in [5.74, 6) is 0.654. The van der Waals surface area contributed by atoms with Crippen molar-refractivity contribution in [2.75, 3.05) is 19.7 Å². The molecule has 5 nitrogen and oxygen atoms in total. The molecule has 1 fully saturated rings. The van der Waals surface area contributed by atoms with Crippen LogP contribution in [0.3, 0.4) is 0 Å². The van der Waals surface area contributed by atoms with Gasteiger partial charge in [-0.1, -0.05) is 30.3 Å². The van der Waals surface area contributed by atoms with Gasteiger partial charge in [-0.25, -0.2) is 0 Å². The minimum absolute atomic E-state index is 0.0824. The molecule has 2 N–H and O–H groups in total. The largest absolute Gasteiger partial charge is 0.467 e. The molecule has 5 heteroatoms. The Bertz CT molecular complexity index is 583. The summed E-state index contributed by atoms with van der Waals surface area (Å²) in [6, 6.07) is 12.4. The molecule has 0 saturated carbocycles. The summed E-state index contributed by atoms with van der Waals surface area (Å²) in [4.78, 5) is 14.3. The zero-order chi connectivity index (χ0) is 14.7. The van der Waals surface area contributed by atoms with E-state index in [1.807, 2.05) is 42.5 Å². The van der Waals surface area contributed by atoms with Gasteiger partial charge >= 0.3 is 0 Å². The normalized spacial score (nSPS) is 20.2. The number of hydrogen-bond acceptors (Lipinski definition) is 4. The quantitative estimate of drug-likeness (QED) is 0.935. The molecular formula is C16H18N2O3. The number of ether oxygens (including phenoxy) is 1. The Kier molecular flexibility index (Phi) is 4.03. The molecule has 0 radical (unpaired) electrons. The SMILES string of the molecule is N[C@H](C(=O)N1CCO[C@H](c2ccco2)C1)c1ccccc1. The van der Waals surface area contributed by atoms with Crippen LogP contribution in [0.25, 0.3) is 0 Å². The van der Waals surface area contributed by atoms with Crippen LogP contribution in [0.4, 0.5) is 0 Å². The summed E-state index contributed by atoms with van der Waals surface area (Å²) in [7, 11) is 0. The number of hydrogen-bond donors (Lipinski definition) is 1. The Morgan fingerprint density at radius 1 is 1.24 bits per heavy atom. The number of nitrogens with zero attached hydrogens (tertiary/aromatic N) is 1. The van der Waals surface area contributed by atoms with Crippen molar-refractivity contribution in [1.82, 2.24) is 4.90 Å². The van der Waals surface area contributed by atoms with Gasteiger partial charge in [0.25, 0.3) is 0 Å². The second-order valence-corrected chi connectivity index (χ2v) is 5.05. The topological polar surface area (TPSA) is 68.7 Å². The fourth-order valence-corrected chi connectivity index (χ4v) is 2.50. The zero-order valence-electron chi connectivity index (χ0n) is 11.6. The molecule has 2 aromatic rings. The second kappa shape index (κ2) is 6.11. The van der Waals surface area contributed by atoms with E-state index in [1.54, 1.807) is 11.2 Å². The van der Waals surface area contributed by atoms with Crippen LogP contribution in [0.15, 0.2) is 53.1 Å². The first kappa shape index (κ1) is 13.9. The molecule has 1 aromatic heterocycles. The van der Waals surface area contributed by atoms with E-state index in [0.29, 0.717) is 19.7 Å². The van der Waals surface area contributed by atoms with E-state index in [1.165, 1.54) is 0 Å². The van der Waals surface area contributed by atoms with E-state index in [9.17, 15) is 4.79 Å². The van der Waals surface area contributed by atoms with Crippen LogP contribution < -0.4 is 5.73 Å². The van der Waals surface area contributed by atoms with Crippen molar-refractivity contribution in [2.45, 2.75) is 12.1 Å². The summed E-state index contributed by atoms with van der Waals surface area (Å²) in [5, 5.41) is 0. The first-order valence-electron chi connectivity index (χ1n) is 7.00. The molecule has 0 unspecified atom stereocenters. The molecule has 0 spiro atoms. The van der Waals surface area contributed by atoms with Crippen LogP contribution in [0.2, 0.25) is 0 Å². The third-order valence-corrected chi connectivity index (χ3v) is 3.66. The van der Waals surface area contributed by atoms with E-state index in [4.69, 9.17) is 14.9 Å². The molecule has 1 amide bonds. The van der Waals surface area contributed by atoms with Gasteiger partial charge in [0.05, 0.1) is 19.4 Å². The molecule has 21 heavy (non-hydrogen) atoms. The van der Waals surface area contributed by atoms with Gasteiger partial charge in [-0.05, 0) is 17.7 Å². The molecule has 2 atom stereocenters. The van der Waals surface area contributed by atoms with Crippen molar-refractivity contribution in [3.8, 4) is 0 Å². The zero-order valence-corrected chi connectivity index (χ0v) is 11.6. The predicted molar refractivity (Wildman–Crippen MR) is 77.4 cm³/mol. The minimum Gasteiger partial charge on any atom is -0.467 e. The lowest BCUT2D eigenvalue weighted by Gasteiger charge is -2.33. The Hall–Kier alpha value is -2.11. The first-order chi connectivity index (χ1) is 10.3. The van der Waals surface area contributed by atoms with Gasteiger partial charge in [0, 0.05) is 6.54 Å². The number of rotatable bonds is 3. The monoisotopic (exact) mass is 286 g/mol. The number of amides is 1. The first-order valence-corrected chi connectivity index (χ1v) is 7.00. The average Bonchev–Trinajstić information content (AvgIpc) is 3.09. The van der Waals surface area contributed by atoms with Crippen molar-refractivity contribution in [2.24, 2.45) is 5.73 Å². The van der Waals surface area contributed by atoms with Crippen LogP contribution in [-0.2, 0) is 9.53 Å². The summed E-state index contributed by atoms with van der Waals surface area (Å²) in [6.45, 7) is 1.50. The molecule has 3 rings (SSSR count). The molecule has 1 aromatic carbocycles. The summed E-state index contributed by atoms with van der Waals surface area (Å²) in [6.07, 6.45) is 1.38. The van der Waals surface area contributed by atoms with Crippen molar-refractivity contribution >= 4 is 5.91 Å². The smallest absolute Gasteiger partial charge is 0.244 e. The molecule has 110 valence electrons. The van der Waals surface area contributed by atoms with Gasteiger partial charge in [0.15, 0.2) is 0 Å². The van der Waals surface area contributed by atoms with Crippen LogP contribution in [-0.4, -0.2) is 30.5 Å². The molecule has 0 aliphatic carbocycles. The minimum atomic E-state index is -0.637. The van der Waals surface area contributed by atoms with Gasteiger partial charge in [0.2, 0.25) is 5.91 Å². The lowest BCUT2D eigenvalue weighted by Crippen LogP contribution is -2.46. The maximum absolute atomic E-state index is 12.5. The number of morpholine rings is 1. The van der Waals surface area contributed by atoms with Gasteiger partial charge in [0.1, 0.15) is 17.9 Å². The molecular weight excluding hydrogens is 268 g/mol. The van der Waals surface area contributed by atoms with Crippen LogP contribution in [0, 0.1) is 0 Å². The van der Waals surface area contributed by atoms with Gasteiger partial charge < -0.3 is 19.8 Å². The Labute approximate surface area is 123 Å². The van der Waals surface area contributed by atoms with E-state index in [2.05, 4.69) is 0 Å². The van der Waals surface area contributed by atoms with Gasteiger partial charge in [-0.3, -0.25) is 4.79 Å². The van der Waals surface area contributed by atoms with Gasteiger partial charge in [-0.15, -0.1) is 0 Å². The number of carbonyl (C=O) groups is 1. The highest BCUT2D eigenvalue weighted by Gasteiger charge is 2.30. The van der Waals surface area contributed by atoms with E-state index >= 15 is 0 Å². The summed E-state index contributed by atoms with van der Waals surface area (Å²) in [5.41, 5.74) is 6.90. The number of benzene rings is 1. The third kappa shape index (κ3) is 2.99. The standard InChI is InChI=1S/C16H18N2O3/c17-15(12-5-2-1-3-6-12)16(19)18-8-10-21-14(11-18)13-7-4-9-20-13/h1-7,9,14-15H,8,10-11,17H2/t14-,15-/m0/s1. The highest BCUT2D eigenvalue weighted by Crippen LogP contribution is 2.24. The van der Waals surface area contributed by atoms with Crippen LogP contribution in [0.1, 0.15) is 23.5 Å². The van der Waals surface area contributed by atoms with Crippen LogP contribution >= 0.6 is 0 Å². The number of nitrogens with two attached hydrogens (primary N) is 1. The second-order valence-electron chi connectivity index (χ2n) is 5.05. The highest BCUT2D eigenvalue weighted by molar-refractivity contribution is 5.83. The summed E-state index contributed by atoms with van der Waals surface area (Å²) < 4.78 is 11.0. The van der Waals surface area contributed by atoms with Crippen molar-refractivity contribution in [3.05, 3.63) is 60.1 Å². The highest BCUT2D eigenvalue weighted by atomic mass is 16.5. The molecule has 1 aliphatic rings. The van der Waals surface area contributed by atoms with E-state index in [-0.39, 0.29) is 12.0 Å². The predicted octanol–water partition coefficient (Wildman–Crippen LogP) is 1.88. The average molecular weight is 286 g/mol. The Morgan fingerprint density at radius 2 is 2.05 bits per heavy atom. The third-order valence-electron chi connectivity index (χ3n) is 3.66. The van der Waals surface area contributed by atoms with Gasteiger partial charge in [-0.2, -0.15) is 0 Å². The lowest BCUT2D eigenvalue weighted by molar-refractivity contribution is -0.141. The number of carbonyl (C=O) groups excluding carboxylic acids is 1. The maximum atomic E-state index is 12.5. The molecule has 1 aliphatic heterocycles. The van der Waals surface area contributed by atoms with Crippen molar-refractivity contribution < 1.29 is 13.9 Å². The molecule has 1 saturated heterocycles. The summed E-state index contributed by atoms with van der Waals surface area (Å²) >= 11 is 0. The van der Waals surface area contributed by atoms with Crippen LogP contribution in [0.5, 0.6) is 0 Å². The van der Waals surface area contributed by atoms with E-state index in [0.717, 1.165) is 11.3 Å². The molecule has 2 heterocycles.